The lowest BCUT2D eigenvalue weighted by atomic mass is 10.1. The van der Waals surface area contributed by atoms with Crippen molar-refractivity contribution in [1.82, 2.24) is 0 Å². The van der Waals surface area contributed by atoms with E-state index in [1.807, 2.05) is 0 Å². The molecule has 0 heterocycles. The van der Waals surface area contributed by atoms with E-state index in [4.69, 9.17) is 56.6 Å². The second kappa shape index (κ2) is 8.99. The SMILES string of the molecule is OCCc1cc(Cl)c(N=Nc2c(Cl)cc(CCO)cc2Cl)c(Cl)c1. The van der Waals surface area contributed by atoms with E-state index in [0.717, 1.165) is 11.1 Å². The summed E-state index contributed by atoms with van der Waals surface area (Å²) in [6.45, 7) is -0.00213. The van der Waals surface area contributed by atoms with Gasteiger partial charge in [-0.2, -0.15) is 0 Å². The largest absolute Gasteiger partial charge is 0.396 e. The van der Waals surface area contributed by atoms with Crippen LogP contribution in [0.25, 0.3) is 0 Å². The van der Waals surface area contributed by atoms with Gasteiger partial charge in [-0.1, -0.05) is 46.4 Å². The van der Waals surface area contributed by atoms with Gasteiger partial charge in [-0.25, -0.2) is 0 Å². The number of benzene rings is 2. The molecule has 128 valence electrons. The molecule has 0 unspecified atom stereocenters. The average molecular weight is 408 g/mol. The van der Waals surface area contributed by atoms with Crippen LogP contribution in [0, 0.1) is 0 Å². The molecule has 0 saturated heterocycles. The Kier molecular flexibility index (Phi) is 7.29. The van der Waals surface area contributed by atoms with Crippen molar-refractivity contribution in [2.24, 2.45) is 10.2 Å². The number of aliphatic hydroxyl groups excluding tert-OH is 2. The summed E-state index contributed by atoms with van der Waals surface area (Å²) in [5.74, 6) is 0. The minimum Gasteiger partial charge on any atom is -0.396 e. The number of azo groups is 1. The Labute approximate surface area is 159 Å². The van der Waals surface area contributed by atoms with Gasteiger partial charge < -0.3 is 10.2 Å². The second-order valence-corrected chi connectivity index (χ2v) is 6.59. The maximum absolute atomic E-state index is 8.97. The van der Waals surface area contributed by atoms with E-state index in [0.29, 0.717) is 44.3 Å². The molecule has 0 saturated carbocycles. The molecule has 24 heavy (non-hydrogen) atoms. The molecule has 4 nitrogen and oxygen atoms in total. The first kappa shape index (κ1) is 19.4. The maximum atomic E-state index is 8.97. The maximum Gasteiger partial charge on any atom is 0.123 e. The topological polar surface area (TPSA) is 65.2 Å². The van der Waals surface area contributed by atoms with Crippen LogP contribution in [0.5, 0.6) is 0 Å². The molecule has 0 aliphatic heterocycles. The van der Waals surface area contributed by atoms with Crippen molar-refractivity contribution in [3.8, 4) is 0 Å². The summed E-state index contributed by atoms with van der Waals surface area (Å²) < 4.78 is 0. The van der Waals surface area contributed by atoms with Crippen molar-refractivity contribution >= 4 is 57.8 Å². The third kappa shape index (κ3) is 4.82. The molecule has 8 heteroatoms. The normalized spacial score (nSPS) is 11.4. The van der Waals surface area contributed by atoms with E-state index in [9.17, 15) is 0 Å². The zero-order valence-electron chi connectivity index (χ0n) is 12.4. The zero-order valence-corrected chi connectivity index (χ0v) is 15.5. The smallest absolute Gasteiger partial charge is 0.123 e. The van der Waals surface area contributed by atoms with E-state index in [-0.39, 0.29) is 13.2 Å². The number of halogens is 4. The van der Waals surface area contributed by atoms with E-state index >= 15 is 0 Å². The summed E-state index contributed by atoms with van der Waals surface area (Å²) in [6.07, 6.45) is 0.891. The highest BCUT2D eigenvalue weighted by Crippen LogP contribution is 2.39. The third-order valence-electron chi connectivity index (χ3n) is 3.20. The van der Waals surface area contributed by atoms with Gasteiger partial charge in [-0.05, 0) is 48.2 Å². The minimum absolute atomic E-state index is 0.00106. The summed E-state index contributed by atoms with van der Waals surface area (Å²) in [5, 5.41) is 27.3. The lowest BCUT2D eigenvalue weighted by molar-refractivity contribution is 0.299. The number of hydrogen-bond acceptors (Lipinski definition) is 4. The highest BCUT2D eigenvalue weighted by molar-refractivity contribution is 6.39. The van der Waals surface area contributed by atoms with Gasteiger partial charge >= 0.3 is 0 Å². The third-order valence-corrected chi connectivity index (χ3v) is 4.36. The summed E-state index contributed by atoms with van der Waals surface area (Å²) in [7, 11) is 0. The fourth-order valence-electron chi connectivity index (χ4n) is 2.07. The van der Waals surface area contributed by atoms with E-state index in [2.05, 4.69) is 10.2 Å². The van der Waals surface area contributed by atoms with Gasteiger partial charge in [0.25, 0.3) is 0 Å². The lowest BCUT2D eigenvalue weighted by Gasteiger charge is -2.07. The molecule has 0 atom stereocenters. The van der Waals surface area contributed by atoms with Gasteiger partial charge in [0.15, 0.2) is 0 Å². The highest BCUT2D eigenvalue weighted by Gasteiger charge is 2.11. The van der Waals surface area contributed by atoms with Gasteiger partial charge in [0.2, 0.25) is 0 Å². The van der Waals surface area contributed by atoms with Crippen LogP contribution in [0.2, 0.25) is 20.1 Å². The van der Waals surface area contributed by atoms with Gasteiger partial charge in [0.05, 0.1) is 20.1 Å². The fourth-order valence-corrected chi connectivity index (χ4v) is 3.29. The van der Waals surface area contributed by atoms with Crippen molar-refractivity contribution in [3.05, 3.63) is 55.5 Å². The molecule has 0 fully saturated rings. The summed E-state index contributed by atoms with van der Waals surface area (Å²) in [4.78, 5) is 0. The monoisotopic (exact) mass is 406 g/mol. The molecule has 0 amide bonds. The Balaban J connectivity index is 2.35. The average Bonchev–Trinajstić information content (AvgIpc) is 2.49. The number of aliphatic hydroxyl groups is 2. The van der Waals surface area contributed by atoms with Gasteiger partial charge in [0.1, 0.15) is 11.4 Å². The first-order valence-electron chi connectivity index (χ1n) is 7.05. The first-order valence-corrected chi connectivity index (χ1v) is 8.56. The summed E-state index contributed by atoms with van der Waals surface area (Å²) in [5.41, 5.74) is 2.20. The minimum atomic E-state index is -0.00106. The number of rotatable bonds is 6. The molecule has 0 aliphatic rings. The zero-order chi connectivity index (χ0) is 17.7. The van der Waals surface area contributed by atoms with Crippen molar-refractivity contribution in [2.45, 2.75) is 12.8 Å². The molecule has 2 aromatic carbocycles. The lowest BCUT2D eigenvalue weighted by Crippen LogP contribution is -1.91. The Bertz CT molecular complexity index is 656. The molecule has 0 spiro atoms. The summed E-state index contributed by atoms with van der Waals surface area (Å²) in [6, 6.07) is 6.69. The van der Waals surface area contributed by atoms with Crippen LogP contribution in [0.3, 0.4) is 0 Å². The molecular weight excluding hydrogens is 394 g/mol. The first-order chi connectivity index (χ1) is 11.5. The predicted molar refractivity (Wildman–Crippen MR) is 98.7 cm³/mol. The van der Waals surface area contributed by atoms with Crippen molar-refractivity contribution in [3.63, 3.8) is 0 Å². The highest BCUT2D eigenvalue weighted by atomic mass is 35.5. The molecule has 0 aliphatic carbocycles. The van der Waals surface area contributed by atoms with Crippen molar-refractivity contribution < 1.29 is 10.2 Å². The van der Waals surface area contributed by atoms with Crippen LogP contribution in [0.4, 0.5) is 11.4 Å². The molecular formula is C16H14Cl4N2O2. The number of hydrogen-bond donors (Lipinski definition) is 2. The standard InChI is InChI=1S/C16H14Cl4N2O2/c17-11-5-9(1-3-23)6-12(18)15(11)21-22-16-13(19)7-10(2-4-24)8-14(16)20/h5-8,23-24H,1-4H2. The van der Waals surface area contributed by atoms with Gasteiger partial charge in [-0.3, -0.25) is 0 Å². The van der Waals surface area contributed by atoms with Crippen LogP contribution >= 0.6 is 46.4 Å². The number of nitrogens with zero attached hydrogens (tertiary/aromatic N) is 2. The molecule has 2 N–H and O–H groups in total. The Morgan fingerprint density at radius 3 is 1.17 bits per heavy atom. The van der Waals surface area contributed by atoms with E-state index < -0.39 is 0 Å². The molecule has 0 radical (unpaired) electrons. The van der Waals surface area contributed by atoms with Crippen LogP contribution in [0.15, 0.2) is 34.5 Å². The van der Waals surface area contributed by atoms with Crippen LogP contribution in [-0.2, 0) is 12.8 Å². The van der Waals surface area contributed by atoms with Crippen molar-refractivity contribution in [2.75, 3.05) is 13.2 Å². The fraction of sp³-hybridized carbons (Fsp3) is 0.250. The van der Waals surface area contributed by atoms with E-state index in [1.165, 1.54) is 0 Å². The van der Waals surface area contributed by atoms with Gasteiger partial charge in [-0.15, -0.1) is 10.2 Å². The Morgan fingerprint density at radius 2 is 0.917 bits per heavy atom. The Morgan fingerprint density at radius 1 is 0.625 bits per heavy atom. The van der Waals surface area contributed by atoms with Gasteiger partial charge in [0, 0.05) is 13.2 Å². The molecule has 0 aromatic heterocycles. The summed E-state index contributed by atoms with van der Waals surface area (Å²) >= 11 is 24.7. The molecule has 2 rings (SSSR count). The van der Waals surface area contributed by atoms with Crippen LogP contribution in [-0.4, -0.2) is 23.4 Å². The van der Waals surface area contributed by atoms with Crippen molar-refractivity contribution in [1.29, 1.82) is 0 Å². The quantitative estimate of drug-likeness (QED) is 0.595. The predicted octanol–water partition coefficient (Wildman–Crippen LogP) is 5.79. The second-order valence-electron chi connectivity index (χ2n) is 4.96. The van der Waals surface area contributed by atoms with E-state index in [1.54, 1.807) is 24.3 Å². The van der Waals surface area contributed by atoms with Crippen LogP contribution < -0.4 is 0 Å². The Hall–Kier alpha value is -0.880. The van der Waals surface area contributed by atoms with Crippen LogP contribution in [0.1, 0.15) is 11.1 Å². The molecule has 0 bridgehead atoms. The molecule has 2 aromatic rings.